The van der Waals surface area contributed by atoms with Crippen LogP contribution in [-0.4, -0.2) is 24.5 Å². The second-order valence-electron chi connectivity index (χ2n) is 6.76. The Bertz CT molecular complexity index is 526. The molecule has 1 amide bonds. The van der Waals surface area contributed by atoms with Crippen molar-refractivity contribution in [3.8, 4) is 0 Å². The Kier molecular flexibility index (Phi) is 6.35. The van der Waals surface area contributed by atoms with E-state index in [1.165, 1.54) is 0 Å². The van der Waals surface area contributed by atoms with Crippen molar-refractivity contribution in [3.05, 3.63) is 34.9 Å². The number of nitrogens with one attached hydrogen (secondary N) is 2. The summed E-state index contributed by atoms with van der Waals surface area (Å²) in [6, 6.07) is 8.43. The van der Waals surface area contributed by atoms with E-state index >= 15 is 0 Å². The molecule has 1 saturated heterocycles. The summed E-state index contributed by atoms with van der Waals surface area (Å²) in [5.41, 5.74) is 0.755. The molecule has 0 aromatic heterocycles. The average molecular weight is 357 g/mol. The van der Waals surface area contributed by atoms with Crippen LogP contribution in [0.4, 0.5) is 0 Å². The standard InChI is InChI=1S/C18H25ClN2O.ClH/c1-13-16(5-4-12-20-13)21-17(22)18(10-2-3-11-18)14-6-8-15(19)9-7-14;/h6-9,13,16,20H,2-5,10-12H2,1H3,(H,21,22);1H. The highest BCUT2D eigenvalue weighted by atomic mass is 35.5. The van der Waals surface area contributed by atoms with Crippen molar-refractivity contribution in [1.29, 1.82) is 0 Å². The van der Waals surface area contributed by atoms with Crippen molar-refractivity contribution >= 4 is 29.9 Å². The van der Waals surface area contributed by atoms with Gasteiger partial charge in [0.1, 0.15) is 0 Å². The molecule has 0 radical (unpaired) electrons. The van der Waals surface area contributed by atoms with E-state index in [1.807, 2.05) is 24.3 Å². The van der Waals surface area contributed by atoms with Crippen LogP contribution < -0.4 is 10.6 Å². The molecule has 1 aliphatic heterocycles. The van der Waals surface area contributed by atoms with Gasteiger partial charge in [-0.3, -0.25) is 4.79 Å². The molecule has 2 atom stereocenters. The van der Waals surface area contributed by atoms with E-state index in [0.29, 0.717) is 6.04 Å². The third-order valence-electron chi connectivity index (χ3n) is 5.37. The lowest BCUT2D eigenvalue weighted by atomic mass is 9.77. The molecule has 1 aliphatic carbocycles. The normalized spacial score (nSPS) is 26.3. The summed E-state index contributed by atoms with van der Waals surface area (Å²) in [4.78, 5) is 13.1. The van der Waals surface area contributed by atoms with Crippen LogP contribution in [0.5, 0.6) is 0 Å². The highest BCUT2D eigenvalue weighted by Crippen LogP contribution is 2.41. The number of carbonyl (C=O) groups is 1. The smallest absolute Gasteiger partial charge is 0.230 e. The van der Waals surface area contributed by atoms with Crippen LogP contribution in [0.3, 0.4) is 0 Å². The quantitative estimate of drug-likeness (QED) is 0.863. The molecule has 5 heteroatoms. The van der Waals surface area contributed by atoms with E-state index in [2.05, 4.69) is 17.6 Å². The summed E-state index contributed by atoms with van der Waals surface area (Å²) < 4.78 is 0. The van der Waals surface area contributed by atoms with Gasteiger partial charge in [0.25, 0.3) is 0 Å². The average Bonchev–Trinajstić information content (AvgIpc) is 3.01. The number of hydrogen-bond donors (Lipinski definition) is 2. The Morgan fingerprint density at radius 2 is 1.87 bits per heavy atom. The van der Waals surface area contributed by atoms with E-state index in [0.717, 1.165) is 55.7 Å². The number of hydrogen-bond acceptors (Lipinski definition) is 2. The van der Waals surface area contributed by atoms with Crippen LogP contribution in [0.25, 0.3) is 0 Å². The molecule has 23 heavy (non-hydrogen) atoms. The van der Waals surface area contributed by atoms with Crippen molar-refractivity contribution in [2.75, 3.05) is 6.54 Å². The van der Waals surface area contributed by atoms with E-state index in [-0.39, 0.29) is 29.8 Å². The Balaban J connectivity index is 0.00000192. The lowest BCUT2D eigenvalue weighted by Crippen LogP contribution is -2.55. The summed E-state index contributed by atoms with van der Waals surface area (Å²) in [7, 11) is 0. The summed E-state index contributed by atoms with van der Waals surface area (Å²) in [6.07, 6.45) is 6.31. The fourth-order valence-electron chi connectivity index (χ4n) is 3.94. The van der Waals surface area contributed by atoms with Gasteiger partial charge in [0, 0.05) is 17.1 Å². The number of piperidine rings is 1. The van der Waals surface area contributed by atoms with Crippen LogP contribution in [0.2, 0.25) is 5.02 Å². The molecule has 2 unspecified atom stereocenters. The van der Waals surface area contributed by atoms with Gasteiger partial charge in [-0.05, 0) is 56.8 Å². The van der Waals surface area contributed by atoms with Crippen molar-refractivity contribution < 1.29 is 4.79 Å². The van der Waals surface area contributed by atoms with Gasteiger partial charge in [0.2, 0.25) is 5.91 Å². The maximum atomic E-state index is 13.1. The third-order valence-corrected chi connectivity index (χ3v) is 5.62. The number of amides is 1. The Morgan fingerprint density at radius 3 is 2.48 bits per heavy atom. The zero-order valence-electron chi connectivity index (χ0n) is 13.6. The van der Waals surface area contributed by atoms with Gasteiger partial charge in [0.15, 0.2) is 0 Å². The molecule has 1 aromatic rings. The topological polar surface area (TPSA) is 41.1 Å². The maximum absolute atomic E-state index is 13.1. The maximum Gasteiger partial charge on any atom is 0.230 e. The molecule has 1 aromatic carbocycles. The molecular weight excluding hydrogens is 331 g/mol. The summed E-state index contributed by atoms with van der Waals surface area (Å²) in [5, 5.41) is 7.51. The molecule has 2 fully saturated rings. The zero-order valence-corrected chi connectivity index (χ0v) is 15.2. The van der Waals surface area contributed by atoms with Crippen LogP contribution >= 0.6 is 24.0 Å². The van der Waals surface area contributed by atoms with Gasteiger partial charge >= 0.3 is 0 Å². The van der Waals surface area contributed by atoms with Crippen LogP contribution in [0.1, 0.15) is 51.0 Å². The number of rotatable bonds is 3. The molecule has 3 nitrogen and oxygen atoms in total. The van der Waals surface area contributed by atoms with Gasteiger partial charge in [-0.15, -0.1) is 12.4 Å². The molecule has 1 saturated carbocycles. The predicted octanol–water partition coefficient (Wildman–Crippen LogP) is 3.83. The number of halogens is 2. The van der Waals surface area contributed by atoms with E-state index < -0.39 is 0 Å². The van der Waals surface area contributed by atoms with Crippen molar-refractivity contribution in [1.82, 2.24) is 10.6 Å². The molecule has 0 spiro atoms. The molecule has 2 N–H and O–H groups in total. The van der Waals surface area contributed by atoms with Gasteiger partial charge in [-0.25, -0.2) is 0 Å². The molecule has 1 heterocycles. The van der Waals surface area contributed by atoms with E-state index in [1.54, 1.807) is 0 Å². The first-order valence-electron chi connectivity index (χ1n) is 8.42. The Morgan fingerprint density at radius 1 is 1.22 bits per heavy atom. The van der Waals surface area contributed by atoms with Crippen LogP contribution in [-0.2, 0) is 10.2 Å². The fraction of sp³-hybridized carbons (Fsp3) is 0.611. The summed E-state index contributed by atoms with van der Waals surface area (Å²) in [5.74, 6) is 0.202. The van der Waals surface area contributed by atoms with Crippen molar-refractivity contribution in [3.63, 3.8) is 0 Å². The van der Waals surface area contributed by atoms with Crippen molar-refractivity contribution in [2.45, 2.75) is 62.9 Å². The second-order valence-corrected chi connectivity index (χ2v) is 7.20. The van der Waals surface area contributed by atoms with Gasteiger partial charge in [0.05, 0.1) is 5.41 Å². The van der Waals surface area contributed by atoms with E-state index in [9.17, 15) is 4.79 Å². The number of benzene rings is 1. The fourth-order valence-corrected chi connectivity index (χ4v) is 4.07. The lowest BCUT2D eigenvalue weighted by molar-refractivity contribution is -0.127. The lowest BCUT2D eigenvalue weighted by Gasteiger charge is -2.35. The minimum absolute atomic E-state index is 0. The minimum Gasteiger partial charge on any atom is -0.351 e. The predicted molar refractivity (Wildman–Crippen MR) is 97.5 cm³/mol. The highest BCUT2D eigenvalue weighted by molar-refractivity contribution is 6.30. The monoisotopic (exact) mass is 356 g/mol. The van der Waals surface area contributed by atoms with E-state index in [4.69, 9.17) is 11.6 Å². The van der Waals surface area contributed by atoms with Gasteiger partial charge < -0.3 is 10.6 Å². The van der Waals surface area contributed by atoms with Crippen LogP contribution in [0.15, 0.2) is 24.3 Å². The van der Waals surface area contributed by atoms with Crippen LogP contribution in [0, 0.1) is 0 Å². The van der Waals surface area contributed by atoms with Crippen molar-refractivity contribution in [2.24, 2.45) is 0 Å². The SMILES string of the molecule is CC1NCCCC1NC(=O)C1(c2ccc(Cl)cc2)CCCC1.Cl. The molecule has 2 aliphatic rings. The Labute approximate surface area is 150 Å². The number of carbonyl (C=O) groups excluding carboxylic acids is 1. The molecule has 0 bridgehead atoms. The molecular formula is C18H26Cl2N2O. The zero-order chi connectivity index (χ0) is 15.6. The third kappa shape index (κ3) is 3.84. The molecule has 3 rings (SSSR count). The molecule has 128 valence electrons. The highest BCUT2D eigenvalue weighted by Gasteiger charge is 2.43. The second kappa shape index (κ2) is 7.87. The Hall–Kier alpha value is -0.770. The minimum atomic E-state index is -0.359. The van der Waals surface area contributed by atoms with Gasteiger partial charge in [-0.2, -0.15) is 0 Å². The first-order chi connectivity index (χ1) is 10.6. The van der Waals surface area contributed by atoms with Gasteiger partial charge in [-0.1, -0.05) is 36.6 Å². The first-order valence-corrected chi connectivity index (χ1v) is 8.80. The largest absolute Gasteiger partial charge is 0.351 e. The first kappa shape index (κ1) is 18.6. The summed E-state index contributed by atoms with van der Waals surface area (Å²) in [6.45, 7) is 3.21. The summed E-state index contributed by atoms with van der Waals surface area (Å²) >= 11 is 6.01.